The van der Waals surface area contributed by atoms with E-state index < -0.39 is 39.5 Å². The predicted molar refractivity (Wildman–Crippen MR) is 92.7 cm³/mol. The summed E-state index contributed by atoms with van der Waals surface area (Å²) in [6.07, 6.45) is -4.93. The third-order valence-corrected chi connectivity index (χ3v) is 6.08. The van der Waals surface area contributed by atoms with Crippen molar-refractivity contribution in [3.05, 3.63) is 59.4 Å². The van der Waals surface area contributed by atoms with Gasteiger partial charge in [-0.25, -0.2) is 4.39 Å². The van der Waals surface area contributed by atoms with E-state index in [-0.39, 0.29) is 5.69 Å². The molecule has 140 valence electrons. The third kappa shape index (κ3) is 2.44. The molecule has 9 heteroatoms. The summed E-state index contributed by atoms with van der Waals surface area (Å²) in [7, 11) is 0. The van der Waals surface area contributed by atoms with Crippen molar-refractivity contribution in [1.29, 1.82) is 0 Å². The summed E-state index contributed by atoms with van der Waals surface area (Å²) in [5.41, 5.74) is -0.702. The van der Waals surface area contributed by atoms with Crippen LogP contribution in [0.15, 0.2) is 42.5 Å². The molecule has 2 heterocycles. The number of nitrogens with zero attached hydrogens (tertiary/aromatic N) is 1. The number of para-hydroxylation sites is 1. The first-order valence-corrected chi connectivity index (χ1v) is 8.84. The molecule has 27 heavy (non-hydrogen) atoms. The molecule has 2 aromatic carbocycles. The Hall–Kier alpha value is -2.55. The van der Waals surface area contributed by atoms with Gasteiger partial charge in [0, 0.05) is 16.9 Å². The Balaban J connectivity index is 1.94. The maximum absolute atomic E-state index is 13.7. The molecule has 0 radical (unpaired) electrons. The molecular weight excluding hydrogens is 384 g/mol. The summed E-state index contributed by atoms with van der Waals surface area (Å²) in [5.74, 6) is -2.49. The lowest BCUT2D eigenvalue weighted by Crippen LogP contribution is -2.47. The maximum atomic E-state index is 13.7. The number of benzene rings is 2. The Morgan fingerprint density at radius 3 is 2.56 bits per heavy atom. The van der Waals surface area contributed by atoms with E-state index in [0.29, 0.717) is 23.4 Å². The zero-order valence-electron chi connectivity index (χ0n) is 13.8. The molecule has 2 aromatic rings. The number of carbonyl (C=O) groups excluding carboxylic acids is 2. The number of amides is 2. The molecule has 2 aliphatic heterocycles. The lowest BCUT2D eigenvalue weighted by atomic mass is 10.0. The third-order valence-electron chi connectivity index (χ3n) is 4.59. The fourth-order valence-corrected chi connectivity index (χ4v) is 4.91. The van der Waals surface area contributed by atoms with E-state index in [1.165, 1.54) is 0 Å². The largest absolute Gasteiger partial charge is 0.419 e. The van der Waals surface area contributed by atoms with E-state index in [1.807, 2.05) is 0 Å². The van der Waals surface area contributed by atoms with Crippen LogP contribution in [0.2, 0.25) is 0 Å². The average Bonchev–Trinajstić information content (AvgIpc) is 3.02. The van der Waals surface area contributed by atoms with Gasteiger partial charge in [0.25, 0.3) is 5.91 Å². The Labute approximate surface area is 155 Å². The van der Waals surface area contributed by atoms with Gasteiger partial charge in [0.15, 0.2) is 0 Å². The van der Waals surface area contributed by atoms with Crippen LogP contribution in [-0.4, -0.2) is 17.1 Å². The Kier molecular flexibility index (Phi) is 3.78. The van der Waals surface area contributed by atoms with Crippen molar-refractivity contribution in [3.8, 4) is 0 Å². The van der Waals surface area contributed by atoms with Crippen molar-refractivity contribution in [2.24, 2.45) is 0 Å². The Morgan fingerprint density at radius 1 is 1.15 bits per heavy atom. The molecule has 1 spiro atoms. The van der Waals surface area contributed by atoms with Gasteiger partial charge in [-0.2, -0.15) is 13.2 Å². The SMILES string of the molecule is CC1SC2(C(=O)Nc3ccccc32)N(c2ccc(F)c(C(F)(F)F)c2)C1=O. The van der Waals surface area contributed by atoms with Crippen LogP contribution < -0.4 is 10.2 Å². The molecule has 1 N–H and O–H groups in total. The average molecular weight is 396 g/mol. The molecule has 0 aliphatic carbocycles. The molecule has 4 nitrogen and oxygen atoms in total. The van der Waals surface area contributed by atoms with Crippen LogP contribution in [0, 0.1) is 5.82 Å². The summed E-state index contributed by atoms with van der Waals surface area (Å²) < 4.78 is 53.1. The zero-order valence-corrected chi connectivity index (χ0v) is 14.6. The summed E-state index contributed by atoms with van der Waals surface area (Å²) in [4.78, 5) is 25.2. The van der Waals surface area contributed by atoms with E-state index in [0.717, 1.165) is 22.7 Å². The van der Waals surface area contributed by atoms with Crippen molar-refractivity contribution < 1.29 is 27.2 Å². The summed E-state index contributed by atoms with van der Waals surface area (Å²) in [6.45, 7) is 1.58. The molecule has 0 bridgehead atoms. The first kappa shape index (κ1) is 17.8. The zero-order chi connectivity index (χ0) is 19.6. The molecule has 0 saturated carbocycles. The van der Waals surface area contributed by atoms with Gasteiger partial charge in [-0.1, -0.05) is 18.2 Å². The quantitative estimate of drug-likeness (QED) is 0.738. The highest BCUT2D eigenvalue weighted by molar-refractivity contribution is 8.03. The number of hydrogen-bond donors (Lipinski definition) is 1. The lowest BCUT2D eigenvalue weighted by molar-refractivity contribution is -0.140. The molecule has 4 rings (SSSR count). The van der Waals surface area contributed by atoms with E-state index in [4.69, 9.17) is 0 Å². The second-order valence-corrected chi connectivity index (χ2v) is 7.77. The number of hydrogen-bond acceptors (Lipinski definition) is 3. The molecule has 1 fully saturated rings. The second-order valence-electron chi connectivity index (χ2n) is 6.24. The summed E-state index contributed by atoms with van der Waals surface area (Å²) >= 11 is 1.04. The molecule has 2 atom stereocenters. The molecule has 0 aromatic heterocycles. The number of alkyl halides is 3. The Bertz CT molecular complexity index is 978. The fraction of sp³-hybridized carbons (Fsp3) is 0.222. The normalized spacial score (nSPS) is 24.5. The van der Waals surface area contributed by atoms with Crippen LogP contribution in [0.25, 0.3) is 0 Å². The van der Waals surface area contributed by atoms with Crippen molar-refractivity contribution in [2.45, 2.75) is 23.2 Å². The minimum atomic E-state index is -4.93. The van der Waals surface area contributed by atoms with Crippen molar-refractivity contribution in [1.82, 2.24) is 0 Å². The van der Waals surface area contributed by atoms with Crippen molar-refractivity contribution >= 4 is 35.0 Å². The first-order valence-electron chi connectivity index (χ1n) is 7.96. The van der Waals surface area contributed by atoms with Crippen molar-refractivity contribution in [2.75, 3.05) is 10.2 Å². The topological polar surface area (TPSA) is 49.4 Å². The number of rotatable bonds is 1. The highest BCUT2D eigenvalue weighted by Crippen LogP contribution is 2.56. The van der Waals surface area contributed by atoms with E-state index in [1.54, 1.807) is 31.2 Å². The minimum absolute atomic E-state index is 0.183. The smallest absolute Gasteiger partial charge is 0.323 e. The monoisotopic (exact) mass is 396 g/mol. The molecule has 2 unspecified atom stereocenters. The van der Waals surface area contributed by atoms with Gasteiger partial charge in [0.1, 0.15) is 5.82 Å². The van der Waals surface area contributed by atoms with Crippen LogP contribution in [0.5, 0.6) is 0 Å². The summed E-state index contributed by atoms with van der Waals surface area (Å²) in [5, 5.41) is 2.01. The van der Waals surface area contributed by atoms with Gasteiger partial charge in [-0.05, 0) is 31.2 Å². The van der Waals surface area contributed by atoms with Crippen LogP contribution in [0.1, 0.15) is 18.1 Å². The number of halogens is 4. The number of carbonyl (C=O) groups is 2. The Morgan fingerprint density at radius 2 is 1.85 bits per heavy atom. The van der Waals surface area contributed by atoms with E-state index in [2.05, 4.69) is 5.32 Å². The molecular formula is C18H12F4N2O2S. The van der Waals surface area contributed by atoms with Crippen LogP contribution in [0.4, 0.5) is 28.9 Å². The number of nitrogens with one attached hydrogen (secondary N) is 1. The highest BCUT2D eigenvalue weighted by Gasteiger charge is 2.61. The number of fused-ring (bicyclic) bond motifs is 2. The molecule has 1 saturated heterocycles. The van der Waals surface area contributed by atoms with E-state index in [9.17, 15) is 27.2 Å². The first-order chi connectivity index (χ1) is 12.7. The second kappa shape index (κ2) is 5.72. The van der Waals surface area contributed by atoms with Crippen LogP contribution >= 0.6 is 11.8 Å². The van der Waals surface area contributed by atoms with E-state index >= 15 is 0 Å². The van der Waals surface area contributed by atoms with Gasteiger partial charge in [0.05, 0.1) is 10.8 Å². The minimum Gasteiger partial charge on any atom is -0.323 e. The van der Waals surface area contributed by atoms with Crippen molar-refractivity contribution in [3.63, 3.8) is 0 Å². The van der Waals surface area contributed by atoms with Gasteiger partial charge in [-0.15, -0.1) is 11.8 Å². The van der Waals surface area contributed by atoms with Gasteiger partial charge < -0.3 is 5.32 Å². The molecule has 2 aliphatic rings. The van der Waals surface area contributed by atoms with Crippen LogP contribution in [0.3, 0.4) is 0 Å². The van der Waals surface area contributed by atoms with Gasteiger partial charge in [0.2, 0.25) is 10.8 Å². The molecule has 2 amide bonds. The standard InChI is InChI=1S/C18H12F4N2O2S/c1-9-15(25)24(10-6-7-13(19)12(8-10)18(20,21)22)17(27-9)11-4-2-3-5-14(11)23-16(17)26/h2-9H,1H3,(H,23,26). The van der Waals surface area contributed by atoms with Gasteiger partial charge in [-0.3, -0.25) is 14.5 Å². The number of thioether (sulfide) groups is 1. The van der Waals surface area contributed by atoms with Gasteiger partial charge >= 0.3 is 6.18 Å². The maximum Gasteiger partial charge on any atom is 0.419 e. The van der Waals surface area contributed by atoms with Crippen LogP contribution in [-0.2, 0) is 20.6 Å². The summed E-state index contributed by atoms with van der Waals surface area (Å²) in [6, 6.07) is 8.99. The lowest BCUT2D eigenvalue weighted by Gasteiger charge is -2.32. The number of anilines is 2. The fourth-order valence-electron chi connectivity index (χ4n) is 3.43. The predicted octanol–water partition coefficient (Wildman–Crippen LogP) is 4.12. The highest BCUT2D eigenvalue weighted by atomic mass is 32.2.